The zero-order chi connectivity index (χ0) is 15.3. The lowest BCUT2D eigenvalue weighted by atomic mass is 9.96. The van der Waals surface area contributed by atoms with Gasteiger partial charge < -0.3 is 19.7 Å². The molecule has 0 unspecified atom stereocenters. The number of aromatic nitrogens is 2. The van der Waals surface area contributed by atoms with Crippen molar-refractivity contribution in [1.82, 2.24) is 10.1 Å². The first-order chi connectivity index (χ1) is 10.1. The van der Waals surface area contributed by atoms with Gasteiger partial charge in [-0.3, -0.25) is 0 Å². The summed E-state index contributed by atoms with van der Waals surface area (Å²) in [5, 5.41) is 4.02. The van der Waals surface area contributed by atoms with Crippen LogP contribution in [0.5, 0.6) is 5.75 Å². The molecule has 6 nitrogen and oxygen atoms in total. The highest BCUT2D eigenvalue weighted by Crippen LogP contribution is 2.30. The topological polar surface area (TPSA) is 83.4 Å². The number of nitrogens with two attached hydrogens (primary N) is 1. The molecular weight excluding hydrogens is 270 g/mol. The van der Waals surface area contributed by atoms with Gasteiger partial charge in [-0.15, -0.1) is 0 Å². The van der Waals surface area contributed by atoms with E-state index in [0.29, 0.717) is 23.2 Å². The summed E-state index contributed by atoms with van der Waals surface area (Å²) in [6.07, 6.45) is 1.55. The van der Waals surface area contributed by atoms with Gasteiger partial charge >= 0.3 is 0 Å². The van der Waals surface area contributed by atoms with Crippen molar-refractivity contribution in [3.8, 4) is 5.75 Å². The average Bonchev–Trinajstić information content (AvgIpc) is 2.99. The van der Waals surface area contributed by atoms with Crippen LogP contribution in [0, 0.1) is 0 Å². The minimum atomic E-state index is -0.497. The van der Waals surface area contributed by atoms with Crippen LogP contribution in [0.1, 0.15) is 38.4 Å². The first kappa shape index (κ1) is 15.3. The van der Waals surface area contributed by atoms with E-state index in [1.54, 1.807) is 31.4 Å². The normalized spacial score (nSPS) is 11.6. The maximum absolute atomic E-state index is 5.62. The minimum Gasteiger partial charge on any atom is -0.484 e. The first-order valence-corrected chi connectivity index (χ1v) is 7.00. The van der Waals surface area contributed by atoms with Crippen LogP contribution in [0.25, 0.3) is 0 Å². The zero-order valence-corrected chi connectivity index (χ0v) is 12.6. The lowest BCUT2D eigenvalue weighted by molar-refractivity contribution is -0.0306. The van der Waals surface area contributed by atoms with Crippen molar-refractivity contribution in [3.05, 3.63) is 36.0 Å². The van der Waals surface area contributed by atoms with Crippen molar-refractivity contribution in [2.24, 2.45) is 0 Å². The number of rotatable bonds is 7. The third kappa shape index (κ3) is 3.33. The molecule has 0 radical (unpaired) electrons. The quantitative estimate of drug-likeness (QED) is 0.790. The molecule has 1 aromatic carbocycles. The van der Waals surface area contributed by atoms with E-state index >= 15 is 0 Å². The molecule has 6 heteroatoms. The molecule has 114 valence electrons. The average molecular weight is 291 g/mol. The van der Waals surface area contributed by atoms with Crippen molar-refractivity contribution in [1.29, 1.82) is 0 Å². The third-order valence-electron chi connectivity index (χ3n) is 3.65. The summed E-state index contributed by atoms with van der Waals surface area (Å²) in [6.45, 7) is 4.28. The SMILES string of the molecule is CCC(CC)(OC)c1noc(COc2ccc(N)cc2)n1. The van der Waals surface area contributed by atoms with Crippen molar-refractivity contribution in [3.63, 3.8) is 0 Å². The fourth-order valence-electron chi connectivity index (χ4n) is 2.15. The van der Waals surface area contributed by atoms with Crippen LogP contribution in [0.15, 0.2) is 28.8 Å². The number of methoxy groups -OCH3 is 1. The molecule has 0 amide bonds. The van der Waals surface area contributed by atoms with Gasteiger partial charge in [0.15, 0.2) is 6.61 Å². The molecule has 0 bridgehead atoms. The summed E-state index contributed by atoms with van der Waals surface area (Å²) in [5.41, 5.74) is 5.82. The molecule has 0 aliphatic carbocycles. The van der Waals surface area contributed by atoms with Gasteiger partial charge in [-0.1, -0.05) is 19.0 Å². The summed E-state index contributed by atoms with van der Waals surface area (Å²) in [6, 6.07) is 7.14. The number of ether oxygens (including phenoxy) is 2. The van der Waals surface area contributed by atoms with Crippen LogP contribution in [0.4, 0.5) is 5.69 Å². The fourth-order valence-corrected chi connectivity index (χ4v) is 2.15. The Balaban J connectivity index is 2.04. The van der Waals surface area contributed by atoms with Gasteiger partial charge in [0.1, 0.15) is 11.4 Å². The highest BCUT2D eigenvalue weighted by Gasteiger charge is 2.33. The Kier molecular flexibility index (Phi) is 4.80. The highest BCUT2D eigenvalue weighted by atomic mass is 16.5. The summed E-state index contributed by atoms with van der Waals surface area (Å²) in [4.78, 5) is 4.38. The molecule has 0 aliphatic rings. The molecule has 0 saturated carbocycles. The largest absolute Gasteiger partial charge is 0.484 e. The number of anilines is 1. The number of nitrogens with zero attached hydrogens (tertiary/aromatic N) is 2. The van der Waals surface area contributed by atoms with Gasteiger partial charge in [0.05, 0.1) is 0 Å². The van der Waals surface area contributed by atoms with Crippen LogP contribution in [-0.4, -0.2) is 17.3 Å². The fraction of sp³-hybridized carbons (Fsp3) is 0.467. The van der Waals surface area contributed by atoms with Gasteiger partial charge in [0, 0.05) is 12.8 Å². The lowest BCUT2D eigenvalue weighted by Gasteiger charge is -2.25. The van der Waals surface area contributed by atoms with Crippen molar-refractivity contribution in [2.45, 2.75) is 38.9 Å². The van der Waals surface area contributed by atoms with E-state index in [2.05, 4.69) is 10.1 Å². The van der Waals surface area contributed by atoms with Crippen LogP contribution in [-0.2, 0) is 16.9 Å². The molecule has 0 spiro atoms. The number of benzene rings is 1. The summed E-state index contributed by atoms with van der Waals surface area (Å²) in [7, 11) is 1.66. The lowest BCUT2D eigenvalue weighted by Crippen LogP contribution is -2.28. The maximum atomic E-state index is 5.62. The highest BCUT2D eigenvalue weighted by molar-refractivity contribution is 5.41. The van der Waals surface area contributed by atoms with Crippen LogP contribution >= 0.6 is 0 Å². The van der Waals surface area contributed by atoms with E-state index in [-0.39, 0.29) is 6.61 Å². The second-order valence-corrected chi connectivity index (χ2v) is 4.77. The maximum Gasteiger partial charge on any atom is 0.264 e. The monoisotopic (exact) mass is 291 g/mol. The molecule has 0 atom stereocenters. The van der Waals surface area contributed by atoms with Gasteiger partial charge in [0.25, 0.3) is 5.89 Å². The molecule has 2 aromatic rings. The Hall–Kier alpha value is -2.08. The number of hydrogen-bond acceptors (Lipinski definition) is 6. The molecule has 0 fully saturated rings. The standard InChI is InChI=1S/C15H21N3O3/c1-4-15(5-2,19-3)14-17-13(21-18-14)10-20-12-8-6-11(16)7-9-12/h6-9H,4-5,10,16H2,1-3H3. The Morgan fingerprint density at radius 3 is 2.43 bits per heavy atom. The van der Waals surface area contributed by atoms with Crippen molar-refractivity contribution >= 4 is 5.69 Å². The minimum absolute atomic E-state index is 0.212. The van der Waals surface area contributed by atoms with E-state index in [9.17, 15) is 0 Å². The van der Waals surface area contributed by atoms with Gasteiger partial charge in [-0.2, -0.15) is 4.98 Å². The third-order valence-corrected chi connectivity index (χ3v) is 3.65. The van der Waals surface area contributed by atoms with E-state index in [1.807, 2.05) is 13.8 Å². The molecule has 1 heterocycles. The Morgan fingerprint density at radius 1 is 1.19 bits per heavy atom. The Bertz CT molecular complexity index is 554. The smallest absolute Gasteiger partial charge is 0.264 e. The van der Waals surface area contributed by atoms with Gasteiger partial charge in [-0.05, 0) is 37.1 Å². The van der Waals surface area contributed by atoms with E-state index in [4.69, 9.17) is 19.7 Å². The van der Waals surface area contributed by atoms with E-state index < -0.39 is 5.60 Å². The Morgan fingerprint density at radius 2 is 1.86 bits per heavy atom. The first-order valence-electron chi connectivity index (χ1n) is 7.00. The number of nitrogen functional groups attached to an aromatic ring is 1. The van der Waals surface area contributed by atoms with Crippen LogP contribution < -0.4 is 10.5 Å². The van der Waals surface area contributed by atoms with Crippen molar-refractivity contribution in [2.75, 3.05) is 12.8 Å². The molecule has 1 aromatic heterocycles. The second-order valence-electron chi connectivity index (χ2n) is 4.77. The summed E-state index contributed by atoms with van der Waals surface area (Å²) >= 11 is 0. The second kappa shape index (κ2) is 6.58. The number of hydrogen-bond donors (Lipinski definition) is 1. The van der Waals surface area contributed by atoms with Gasteiger partial charge in [-0.25, -0.2) is 0 Å². The molecular formula is C15H21N3O3. The summed E-state index contributed by atoms with van der Waals surface area (Å²) < 4.78 is 16.4. The zero-order valence-electron chi connectivity index (χ0n) is 12.6. The predicted octanol–water partition coefficient (Wildman–Crippen LogP) is 2.89. The molecule has 0 saturated heterocycles. The van der Waals surface area contributed by atoms with Gasteiger partial charge in [0.2, 0.25) is 5.82 Å². The Labute approximate surface area is 124 Å². The molecule has 0 aliphatic heterocycles. The summed E-state index contributed by atoms with van der Waals surface area (Å²) in [5.74, 6) is 1.68. The molecule has 21 heavy (non-hydrogen) atoms. The van der Waals surface area contributed by atoms with E-state index in [0.717, 1.165) is 12.8 Å². The molecule has 2 N–H and O–H groups in total. The molecule has 2 rings (SSSR count). The predicted molar refractivity (Wildman–Crippen MR) is 78.8 cm³/mol. The van der Waals surface area contributed by atoms with Crippen LogP contribution in [0.2, 0.25) is 0 Å². The van der Waals surface area contributed by atoms with Crippen LogP contribution in [0.3, 0.4) is 0 Å². The van der Waals surface area contributed by atoms with E-state index in [1.165, 1.54) is 0 Å². The van der Waals surface area contributed by atoms with Crippen molar-refractivity contribution < 1.29 is 14.0 Å².